The zero-order valence-electron chi connectivity index (χ0n) is 15.7. The normalized spacial score (nSPS) is 19.5. The van der Waals surface area contributed by atoms with E-state index in [0.29, 0.717) is 11.7 Å². The molecule has 1 aliphatic heterocycles. The second kappa shape index (κ2) is 7.39. The van der Waals surface area contributed by atoms with Gasteiger partial charge in [-0.1, -0.05) is 38.1 Å². The minimum atomic E-state index is -1.09. The second-order valence-electron chi connectivity index (χ2n) is 7.09. The van der Waals surface area contributed by atoms with Crippen molar-refractivity contribution in [2.75, 3.05) is 13.2 Å². The zero-order chi connectivity index (χ0) is 19.6. The van der Waals surface area contributed by atoms with E-state index in [1.807, 2.05) is 24.3 Å². The van der Waals surface area contributed by atoms with Crippen LogP contribution < -0.4 is 10.1 Å². The van der Waals surface area contributed by atoms with Crippen molar-refractivity contribution in [3.05, 3.63) is 65.5 Å². The topological polar surface area (TPSA) is 58.6 Å². The molecule has 1 heterocycles. The lowest BCUT2D eigenvalue weighted by atomic mass is 9.90. The molecule has 1 N–H and O–H groups in total. The number of nitrogens with zero attached hydrogens (tertiary/aromatic N) is 1. The van der Waals surface area contributed by atoms with Crippen molar-refractivity contribution in [3.8, 4) is 5.75 Å². The molecule has 1 atom stereocenters. The number of nitrogens with one attached hydrogen (secondary N) is 1. The summed E-state index contributed by atoms with van der Waals surface area (Å²) in [6.45, 7) is 6.15. The summed E-state index contributed by atoms with van der Waals surface area (Å²) in [5.41, 5.74) is 0.818. The number of urea groups is 1. The molecule has 1 saturated heterocycles. The van der Waals surface area contributed by atoms with Crippen LogP contribution in [0.4, 0.5) is 9.18 Å². The van der Waals surface area contributed by atoms with Gasteiger partial charge in [-0.15, -0.1) is 0 Å². The number of amides is 3. The molecule has 6 heteroatoms. The third-order valence-electron chi connectivity index (χ3n) is 4.83. The van der Waals surface area contributed by atoms with Gasteiger partial charge in [-0.3, -0.25) is 9.69 Å². The first-order chi connectivity index (χ1) is 12.8. The van der Waals surface area contributed by atoms with Gasteiger partial charge in [-0.2, -0.15) is 0 Å². The van der Waals surface area contributed by atoms with E-state index in [0.717, 1.165) is 10.5 Å². The smallest absolute Gasteiger partial charge is 0.325 e. The maximum Gasteiger partial charge on any atom is 0.325 e. The molecule has 0 spiro atoms. The highest BCUT2D eigenvalue weighted by atomic mass is 19.1. The van der Waals surface area contributed by atoms with Gasteiger partial charge in [0.2, 0.25) is 0 Å². The first-order valence-corrected chi connectivity index (χ1v) is 8.94. The number of halogens is 1. The van der Waals surface area contributed by atoms with Gasteiger partial charge >= 0.3 is 6.03 Å². The van der Waals surface area contributed by atoms with E-state index in [1.54, 1.807) is 6.92 Å². The van der Waals surface area contributed by atoms with E-state index in [-0.39, 0.29) is 24.9 Å². The van der Waals surface area contributed by atoms with E-state index in [4.69, 9.17) is 4.74 Å². The molecule has 0 radical (unpaired) electrons. The van der Waals surface area contributed by atoms with Gasteiger partial charge < -0.3 is 10.1 Å². The molecule has 0 aromatic heterocycles. The Bertz CT molecular complexity index is 834. The Kier molecular flexibility index (Phi) is 5.17. The Balaban J connectivity index is 1.67. The summed E-state index contributed by atoms with van der Waals surface area (Å²) < 4.78 is 18.4. The summed E-state index contributed by atoms with van der Waals surface area (Å²) in [6.07, 6.45) is 0. The van der Waals surface area contributed by atoms with E-state index >= 15 is 0 Å². The average Bonchev–Trinajstić information content (AvgIpc) is 2.87. The summed E-state index contributed by atoms with van der Waals surface area (Å²) in [5, 5.41) is 2.78. The SMILES string of the molecule is CC(C)c1ccc(C2(C)NC(=O)N(CCOc3ccc(F)cc3)C2=O)cc1. The molecule has 142 valence electrons. The molecule has 0 aliphatic carbocycles. The van der Waals surface area contributed by atoms with Crippen molar-refractivity contribution < 1.29 is 18.7 Å². The molecule has 1 aliphatic rings. The standard InChI is InChI=1S/C21H23FN2O3/c1-14(2)15-4-6-16(7-5-15)21(3)19(25)24(20(26)23-21)12-13-27-18-10-8-17(22)9-11-18/h4-11,14H,12-13H2,1-3H3,(H,23,26). The molecule has 2 aromatic rings. The Morgan fingerprint density at radius 1 is 1.07 bits per heavy atom. The average molecular weight is 370 g/mol. The fourth-order valence-electron chi connectivity index (χ4n) is 3.08. The molecule has 3 amide bonds. The van der Waals surface area contributed by atoms with Crippen LogP contribution in [0.3, 0.4) is 0 Å². The van der Waals surface area contributed by atoms with E-state index < -0.39 is 11.6 Å². The monoisotopic (exact) mass is 370 g/mol. The predicted molar refractivity (Wildman–Crippen MR) is 100 cm³/mol. The van der Waals surface area contributed by atoms with E-state index in [9.17, 15) is 14.0 Å². The van der Waals surface area contributed by atoms with E-state index in [2.05, 4.69) is 19.2 Å². The number of hydrogen-bond donors (Lipinski definition) is 1. The van der Waals surface area contributed by atoms with Gasteiger partial charge in [-0.05, 0) is 48.2 Å². The molecular formula is C21H23FN2O3. The van der Waals surface area contributed by atoms with Gasteiger partial charge in [0.05, 0.1) is 6.54 Å². The van der Waals surface area contributed by atoms with Gasteiger partial charge in [-0.25, -0.2) is 9.18 Å². The highest BCUT2D eigenvalue weighted by Crippen LogP contribution is 2.29. The number of rotatable bonds is 6. The van der Waals surface area contributed by atoms with E-state index in [1.165, 1.54) is 29.8 Å². The Hall–Kier alpha value is -2.89. The molecule has 3 rings (SSSR count). The lowest BCUT2D eigenvalue weighted by Gasteiger charge is -2.23. The summed E-state index contributed by atoms with van der Waals surface area (Å²) in [5.74, 6) is 0.208. The number of ether oxygens (including phenoxy) is 1. The highest BCUT2D eigenvalue weighted by molar-refractivity contribution is 6.07. The van der Waals surface area contributed by atoms with Crippen molar-refractivity contribution in [2.45, 2.75) is 32.2 Å². The minimum Gasteiger partial charge on any atom is -0.492 e. The quantitative estimate of drug-likeness (QED) is 0.787. The number of carbonyl (C=O) groups excluding carboxylic acids is 2. The first-order valence-electron chi connectivity index (χ1n) is 8.94. The van der Waals surface area contributed by atoms with Crippen LogP contribution >= 0.6 is 0 Å². The maximum atomic E-state index is 12.9. The Morgan fingerprint density at radius 3 is 2.30 bits per heavy atom. The number of carbonyl (C=O) groups is 2. The predicted octanol–water partition coefficient (Wildman–Crippen LogP) is 3.80. The fraction of sp³-hybridized carbons (Fsp3) is 0.333. The third-order valence-corrected chi connectivity index (χ3v) is 4.83. The van der Waals surface area contributed by atoms with Crippen LogP contribution in [-0.4, -0.2) is 30.0 Å². The van der Waals surface area contributed by atoms with Crippen LogP contribution in [0, 0.1) is 5.82 Å². The van der Waals surface area contributed by atoms with Gasteiger partial charge in [0, 0.05) is 0 Å². The van der Waals surface area contributed by atoms with Crippen LogP contribution in [0.25, 0.3) is 0 Å². The molecule has 2 aromatic carbocycles. The lowest BCUT2D eigenvalue weighted by molar-refractivity contribution is -0.131. The zero-order valence-corrected chi connectivity index (χ0v) is 15.7. The number of imide groups is 1. The number of benzene rings is 2. The number of hydrogen-bond acceptors (Lipinski definition) is 3. The lowest BCUT2D eigenvalue weighted by Crippen LogP contribution is -2.41. The van der Waals surface area contributed by atoms with Gasteiger partial charge in [0.15, 0.2) is 0 Å². The molecule has 1 fully saturated rings. The Labute approximate surface area is 158 Å². The molecule has 27 heavy (non-hydrogen) atoms. The van der Waals surface area contributed by atoms with Crippen molar-refractivity contribution in [2.24, 2.45) is 0 Å². The van der Waals surface area contributed by atoms with Crippen LogP contribution in [-0.2, 0) is 10.3 Å². The molecular weight excluding hydrogens is 347 g/mol. The Morgan fingerprint density at radius 2 is 1.70 bits per heavy atom. The van der Waals surface area contributed by atoms with Crippen molar-refractivity contribution in [1.29, 1.82) is 0 Å². The van der Waals surface area contributed by atoms with Crippen LogP contribution in [0.2, 0.25) is 0 Å². The second-order valence-corrected chi connectivity index (χ2v) is 7.09. The first kappa shape index (κ1) is 18.9. The summed E-state index contributed by atoms with van der Waals surface area (Å²) in [4.78, 5) is 26.4. The van der Waals surface area contributed by atoms with Crippen molar-refractivity contribution in [1.82, 2.24) is 10.2 Å². The largest absolute Gasteiger partial charge is 0.492 e. The van der Waals surface area contributed by atoms with Crippen LogP contribution in [0.1, 0.15) is 37.8 Å². The third kappa shape index (κ3) is 3.79. The maximum absolute atomic E-state index is 12.9. The summed E-state index contributed by atoms with van der Waals surface area (Å²) in [7, 11) is 0. The van der Waals surface area contributed by atoms with Gasteiger partial charge in [0.1, 0.15) is 23.7 Å². The van der Waals surface area contributed by atoms with Crippen molar-refractivity contribution in [3.63, 3.8) is 0 Å². The van der Waals surface area contributed by atoms with Crippen molar-refractivity contribution >= 4 is 11.9 Å². The van der Waals surface area contributed by atoms with Crippen LogP contribution in [0.5, 0.6) is 5.75 Å². The fourth-order valence-corrected chi connectivity index (χ4v) is 3.08. The van der Waals surface area contributed by atoms with Crippen LogP contribution in [0.15, 0.2) is 48.5 Å². The summed E-state index contributed by atoms with van der Waals surface area (Å²) in [6, 6.07) is 12.9. The molecule has 0 bridgehead atoms. The molecule has 1 unspecified atom stereocenters. The molecule has 5 nitrogen and oxygen atoms in total. The molecule has 0 saturated carbocycles. The minimum absolute atomic E-state index is 0.113. The summed E-state index contributed by atoms with van der Waals surface area (Å²) >= 11 is 0. The van der Waals surface area contributed by atoms with Gasteiger partial charge in [0.25, 0.3) is 5.91 Å². The highest BCUT2D eigenvalue weighted by Gasteiger charge is 2.48.